The summed E-state index contributed by atoms with van der Waals surface area (Å²) in [7, 11) is 1.99. The van der Waals surface area contributed by atoms with Gasteiger partial charge in [0.1, 0.15) is 17.6 Å². The van der Waals surface area contributed by atoms with E-state index in [4.69, 9.17) is 21.4 Å². The van der Waals surface area contributed by atoms with Crippen molar-refractivity contribution in [2.75, 3.05) is 11.9 Å². The van der Waals surface area contributed by atoms with Gasteiger partial charge < -0.3 is 19.5 Å². The molecule has 0 aromatic heterocycles. The van der Waals surface area contributed by atoms with Gasteiger partial charge in [-0.1, -0.05) is 35.9 Å². The molecule has 1 unspecified atom stereocenters. The molecule has 1 N–H and O–H groups in total. The second-order valence-electron chi connectivity index (χ2n) is 10.7. The maximum Gasteiger partial charge on any atom is 0.303 e. The summed E-state index contributed by atoms with van der Waals surface area (Å²) in [6, 6.07) is 14.0. The number of halogens is 1. The van der Waals surface area contributed by atoms with E-state index in [1.807, 2.05) is 62.5 Å². The number of rotatable bonds is 8. The van der Waals surface area contributed by atoms with Crippen molar-refractivity contribution in [3.05, 3.63) is 82.0 Å². The smallest absolute Gasteiger partial charge is 0.303 e. The van der Waals surface area contributed by atoms with Gasteiger partial charge in [-0.15, -0.1) is 0 Å². The Hall–Kier alpha value is -3.05. The summed E-state index contributed by atoms with van der Waals surface area (Å²) in [6.07, 6.45) is 7.95. The van der Waals surface area contributed by atoms with Crippen molar-refractivity contribution in [3.63, 3.8) is 0 Å². The molecule has 2 aliphatic rings. The number of carbonyl (C=O) groups excluding carboxylic acids is 1. The molecule has 5 nitrogen and oxygen atoms in total. The predicted octanol–water partition coefficient (Wildman–Crippen LogP) is 6.43. The summed E-state index contributed by atoms with van der Waals surface area (Å²) >= 11 is 6.52. The van der Waals surface area contributed by atoms with Crippen LogP contribution in [-0.2, 0) is 27.8 Å². The summed E-state index contributed by atoms with van der Waals surface area (Å²) in [5.41, 5.74) is 4.05. The van der Waals surface area contributed by atoms with Crippen LogP contribution in [-0.4, -0.2) is 30.0 Å². The number of carboxylic acids is 1. The van der Waals surface area contributed by atoms with E-state index >= 15 is 0 Å². The first-order valence-electron chi connectivity index (χ1n) is 12.4. The number of anilines is 1. The molecule has 6 heteroatoms. The van der Waals surface area contributed by atoms with Gasteiger partial charge in [0.25, 0.3) is 0 Å². The molecule has 0 fully saturated rings. The van der Waals surface area contributed by atoms with E-state index in [2.05, 4.69) is 24.8 Å². The predicted molar refractivity (Wildman–Crippen MR) is 144 cm³/mol. The van der Waals surface area contributed by atoms with Crippen molar-refractivity contribution in [2.45, 2.75) is 63.9 Å². The normalized spacial score (nSPS) is 20.2. The molecule has 4 rings (SSSR count). The molecule has 0 saturated heterocycles. The van der Waals surface area contributed by atoms with Crippen LogP contribution in [0.2, 0.25) is 0 Å². The zero-order chi connectivity index (χ0) is 26.1. The molecule has 1 aliphatic carbocycles. The highest BCUT2D eigenvalue weighted by molar-refractivity contribution is 6.29. The van der Waals surface area contributed by atoms with Crippen molar-refractivity contribution >= 4 is 29.5 Å². The zero-order valence-electron chi connectivity index (χ0n) is 21.4. The van der Waals surface area contributed by atoms with Crippen LogP contribution < -0.4 is 9.64 Å². The number of carboxylic acid groups (broad SMARTS) is 1. The molecule has 2 atom stereocenters. The quantitative estimate of drug-likeness (QED) is 0.417. The number of aryl methyl sites for hydroxylation is 2. The zero-order valence-corrected chi connectivity index (χ0v) is 22.1. The maximum atomic E-state index is 12.8. The van der Waals surface area contributed by atoms with Crippen LogP contribution in [0.25, 0.3) is 0 Å². The number of aldehydes is 1. The molecule has 2 aromatic rings. The Morgan fingerprint density at radius 3 is 2.61 bits per heavy atom. The number of fused-ring (bicyclic) bond motifs is 1. The largest absolute Gasteiger partial charge is 0.488 e. The molecule has 0 spiro atoms. The van der Waals surface area contributed by atoms with Crippen molar-refractivity contribution in [1.29, 1.82) is 0 Å². The van der Waals surface area contributed by atoms with Gasteiger partial charge >= 0.3 is 5.97 Å². The van der Waals surface area contributed by atoms with Crippen LogP contribution in [0.15, 0.2) is 65.3 Å². The highest BCUT2D eigenvalue weighted by Gasteiger charge is 2.41. The van der Waals surface area contributed by atoms with E-state index in [1.54, 1.807) is 0 Å². The Morgan fingerprint density at radius 1 is 1.22 bits per heavy atom. The van der Waals surface area contributed by atoms with E-state index in [9.17, 15) is 9.59 Å². The van der Waals surface area contributed by atoms with Crippen molar-refractivity contribution in [3.8, 4) is 5.75 Å². The third-order valence-electron chi connectivity index (χ3n) is 7.56. The van der Waals surface area contributed by atoms with Gasteiger partial charge in [-0.3, -0.25) is 4.79 Å². The number of hydrogen-bond donors (Lipinski definition) is 1. The molecular formula is C30H34ClNO4. The number of benzene rings is 2. The van der Waals surface area contributed by atoms with Gasteiger partial charge in [0.05, 0.1) is 5.41 Å². The van der Waals surface area contributed by atoms with E-state index in [0.717, 1.165) is 58.0 Å². The number of allylic oxidation sites excluding steroid dienone is 4. The monoisotopic (exact) mass is 507 g/mol. The number of aliphatic carboxylic acids is 1. The lowest BCUT2D eigenvalue weighted by Gasteiger charge is -2.41. The average molecular weight is 508 g/mol. The average Bonchev–Trinajstić information content (AvgIpc) is 2.86. The molecule has 0 amide bonds. The number of carbonyl (C=O) groups is 2. The molecule has 0 radical (unpaired) electrons. The third-order valence-corrected chi connectivity index (χ3v) is 7.84. The Bertz CT molecular complexity index is 1210. The van der Waals surface area contributed by atoms with Crippen LogP contribution in [0.1, 0.15) is 56.7 Å². The number of ether oxygens (including phenoxy) is 1. The van der Waals surface area contributed by atoms with E-state index in [0.29, 0.717) is 12.8 Å². The highest BCUT2D eigenvalue weighted by atomic mass is 35.5. The summed E-state index contributed by atoms with van der Waals surface area (Å²) in [6.45, 7) is 6.19. The number of hydrogen-bond acceptors (Lipinski definition) is 4. The highest BCUT2D eigenvalue weighted by Crippen LogP contribution is 2.45. The summed E-state index contributed by atoms with van der Waals surface area (Å²) in [5.74, 6) is -0.0791. The SMILES string of the molecule is CN(C1=CC=C(Cl)CC1[C@@](C)(C=O)c1ccc2c(c1)CCC(C)(C)O2)c1ccc(CCC(=O)O)cc1. The molecule has 36 heavy (non-hydrogen) atoms. The fraction of sp³-hybridized carbons (Fsp3) is 0.400. The van der Waals surface area contributed by atoms with E-state index < -0.39 is 11.4 Å². The molecule has 2 aromatic carbocycles. The standard InChI is InChI=1S/C30H34ClNO4/c1-29(2)16-15-21-17-22(8-13-27(21)36-29)30(3,19-33)25-18-23(31)9-12-26(25)32(4)24-10-5-20(6-11-24)7-14-28(34)35/h5-6,8-13,17,19,25H,7,14-16,18H2,1-4H3,(H,34,35)/t25?,30-/m0/s1. The van der Waals surface area contributed by atoms with Crippen LogP contribution in [0.4, 0.5) is 5.69 Å². The van der Waals surface area contributed by atoms with Gasteiger partial charge in [0.2, 0.25) is 0 Å². The minimum Gasteiger partial charge on any atom is -0.488 e. The van der Waals surface area contributed by atoms with Gasteiger partial charge in [-0.25, -0.2) is 0 Å². The van der Waals surface area contributed by atoms with Gasteiger partial charge in [-0.05, 0) is 93.5 Å². The fourth-order valence-electron chi connectivity index (χ4n) is 5.16. The van der Waals surface area contributed by atoms with Crippen LogP contribution in [0, 0.1) is 5.92 Å². The fourth-order valence-corrected chi connectivity index (χ4v) is 5.37. The Balaban J connectivity index is 1.65. The second kappa shape index (κ2) is 10.1. The Kier molecular flexibility index (Phi) is 7.33. The lowest BCUT2D eigenvalue weighted by Crippen LogP contribution is -2.40. The first-order valence-corrected chi connectivity index (χ1v) is 12.8. The number of nitrogens with zero attached hydrogens (tertiary/aromatic N) is 1. The van der Waals surface area contributed by atoms with Crippen molar-refractivity contribution in [1.82, 2.24) is 0 Å². The molecule has 1 heterocycles. The molecular weight excluding hydrogens is 474 g/mol. The van der Waals surface area contributed by atoms with Gasteiger partial charge in [0.15, 0.2) is 0 Å². The second-order valence-corrected chi connectivity index (χ2v) is 11.2. The van der Waals surface area contributed by atoms with Crippen LogP contribution in [0.5, 0.6) is 5.75 Å². The molecule has 0 saturated carbocycles. The van der Waals surface area contributed by atoms with E-state index in [1.165, 1.54) is 0 Å². The Labute approximate surface area is 218 Å². The lowest BCUT2D eigenvalue weighted by atomic mass is 9.68. The molecule has 0 bridgehead atoms. The summed E-state index contributed by atoms with van der Waals surface area (Å²) in [5, 5.41) is 9.67. The minimum absolute atomic E-state index is 0.104. The maximum absolute atomic E-state index is 12.8. The van der Waals surface area contributed by atoms with Crippen LogP contribution >= 0.6 is 11.6 Å². The first-order chi connectivity index (χ1) is 17.0. The van der Waals surface area contributed by atoms with Gasteiger partial charge in [-0.2, -0.15) is 0 Å². The van der Waals surface area contributed by atoms with Crippen molar-refractivity contribution < 1.29 is 19.4 Å². The summed E-state index contributed by atoms with van der Waals surface area (Å²) < 4.78 is 6.17. The summed E-state index contributed by atoms with van der Waals surface area (Å²) in [4.78, 5) is 25.8. The minimum atomic E-state index is -0.805. The lowest BCUT2D eigenvalue weighted by molar-refractivity contribution is -0.137. The topological polar surface area (TPSA) is 66.8 Å². The van der Waals surface area contributed by atoms with Gasteiger partial charge in [0, 0.05) is 35.8 Å². The van der Waals surface area contributed by atoms with Crippen LogP contribution in [0.3, 0.4) is 0 Å². The molecule has 190 valence electrons. The van der Waals surface area contributed by atoms with Crippen molar-refractivity contribution in [2.24, 2.45) is 5.92 Å². The Morgan fingerprint density at radius 2 is 1.94 bits per heavy atom. The first kappa shape index (κ1) is 26.0. The molecule has 1 aliphatic heterocycles. The third kappa shape index (κ3) is 5.36. The van der Waals surface area contributed by atoms with E-state index in [-0.39, 0.29) is 17.9 Å².